The average molecular weight is 300 g/mol. The van der Waals surface area contributed by atoms with Crippen LogP contribution in [-0.4, -0.2) is 25.2 Å². The van der Waals surface area contributed by atoms with E-state index in [1.807, 2.05) is 0 Å². The average Bonchev–Trinajstić information content (AvgIpc) is 2.95. The third-order valence-corrected chi connectivity index (χ3v) is 2.95. The molecule has 1 aliphatic heterocycles. The van der Waals surface area contributed by atoms with Gasteiger partial charge in [0.05, 0.1) is 6.10 Å². The van der Waals surface area contributed by atoms with E-state index >= 15 is 0 Å². The maximum Gasteiger partial charge on any atom is 0.244 e. The SMILES string of the molecule is O=C(/C=C/c1ccc(Br)o1)NCC1CCCO1. The van der Waals surface area contributed by atoms with Crippen molar-refractivity contribution in [3.05, 3.63) is 28.6 Å². The van der Waals surface area contributed by atoms with Gasteiger partial charge < -0.3 is 14.5 Å². The molecule has 2 rings (SSSR count). The zero-order valence-electron chi connectivity index (χ0n) is 9.32. The topological polar surface area (TPSA) is 51.5 Å². The Bertz CT molecular complexity index is 408. The standard InChI is InChI=1S/C12H14BrNO3/c13-11-5-3-9(17-11)4-6-12(15)14-8-10-2-1-7-16-10/h3-6,10H,1-2,7-8H2,(H,14,15)/b6-4+. The van der Waals surface area contributed by atoms with Crippen molar-refractivity contribution in [2.75, 3.05) is 13.2 Å². The highest BCUT2D eigenvalue weighted by Crippen LogP contribution is 2.15. The smallest absolute Gasteiger partial charge is 0.244 e. The molecule has 5 heteroatoms. The molecule has 1 N–H and O–H groups in total. The maximum atomic E-state index is 11.5. The fourth-order valence-corrected chi connectivity index (χ4v) is 1.97. The van der Waals surface area contributed by atoms with Crippen molar-refractivity contribution in [1.29, 1.82) is 0 Å². The molecule has 1 unspecified atom stereocenters. The lowest BCUT2D eigenvalue weighted by Gasteiger charge is -2.08. The summed E-state index contributed by atoms with van der Waals surface area (Å²) in [4.78, 5) is 11.5. The van der Waals surface area contributed by atoms with Crippen LogP contribution in [0.3, 0.4) is 0 Å². The van der Waals surface area contributed by atoms with E-state index in [1.54, 1.807) is 18.2 Å². The Morgan fingerprint density at radius 1 is 1.59 bits per heavy atom. The number of furan rings is 1. The van der Waals surface area contributed by atoms with Crippen molar-refractivity contribution >= 4 is 27.9 Å². The Hall–Kier alpha value is -1.07. The third kappa shape index (κ3) is 4.02. The lowest BCUT2D eigenvalue weighted by atomic mass is 10.2. The Labute approximate surface area is 108 Å². The summed E-state index contributed by atoms with van der Waals surface area (Å²) < 4.78 is 11.3. The first-order valence-corrected chi connectivity index (χ1v) is 6.36. The van der Waals surface area contributed by atoms with Gasteiger partial charge in [-0.05, 0) is 47.0 Å². The van der Waals surface area contributed by atoms with Crippen molar-refractivity contribution < 1.29 is 13.9 Å². The van der Waals surface area contributed by atoms with E-state index in [-0.39, 0.29) is 12.0 Å². The van der Waals surface area contributed by atoms with Gasteiger partial charge in [0.15, 0.2) is 4.67 Å². The molecule has 1 saturated heterocycles. The van der Waals surface area contributed by atoms with E-state index in [9.17, 15) is 4.79 Å². The van der Waals surface area contributed by atoms with Crippen LogP contribution < -0.4 is 5.32 Å². The van der Waals surface area contributed by atoms with Gasteiger partial charge in [-0.1, -0.05) is 0 Å². The molecule has 1 fully saturated rings. The first-order valence-electron chi connectivity index (χ1n) is 5.57. The first kappa shape index (κ1) is 12.4. The maximum absolute atomic E-state index is 11.5. The van der Waals surface area contributed by atoms with Crippen LogP contribution >= 0.6 is 15.9 Å². The van der Waals surface area contributed by atoms with Crippen LogP contribution in [0.15, 0.2) is 27.3 Å². The molecule has 0 spiro atoms. The van der Waals surface area contributed by atoms with Gasteiger partial charge in [-0.25, -0.2) is 0 Å². The van der Waals surface area contributed by atoms with E-state index in [0.29, 0.717) is 17.0 Å². The van der Waals surface area contributed by atoms with Gasteiger partial charge in [0.1, 0.15) is 5.76 Å². The van der Waals surface area contributed by atoms with E-state index in [4.69, 9.17) is 9.15 Å². The Morgan fingerprint density at radius 2 is 2.47 bits per heavy atom. The summed E-state index contributed by atoms with van der Waals surface area (Å²) in [6.07, 6.45) is 5.37. The van der Waals surface area contributed by atoms with Gasteiger partial charge >= 0.3 is 0 Å². The summed E-state index contributed by atoms with van der Waals surface area (Å²) in [5, 5.41) is 2.80. The normalized spacial score (nSPS) is 19.9. The predicted octanol–water partition coefficient (Wildman–Crippen LogP) is 2.35. The molecule has 1 amide bonds. The summed E-state index contributed by atoms with van der Waals surface area (Å²) in [5.74, 6) is 0.511. The van der Waals surface area contributed by atoms with Gasteiger partial charge in [0.25, 0.3) is 0 Å². The first-order chi connectivity index (χ1) is 8.24. The quantitative estimate of drug-likeness (QED) is 0.868. The van der Waals surface area contributed by atoms with Gasteiger partial charge in [-0.2, -0.15) is 0 Å². The second kappa shape index (κ2) is 6.02. The van der Waals surface area contributed by atoms with E-state index < -0.39 is 0 Å². The molecule has 1 aromatic heterocycles. The molecular weight excluding hydrogens is 286 g/mol. The van der Waals surface area contributed by atoms with Crippen molar-refractivity contribution in [2.45, 2.75) is 18.9 Å². The predicted molar refractivity (Wildman–Crippen MR) is 67.4 cm³/mol. The lowest BCUT2D eigenvalue weighted by molar-refractivity contribution is -0.116. The highest BCUT2D eigenvalue weighted by Gasteiger charge is 2.15. The number of halogens is 1. The molecule has 0 bridgehead atoms. The minimum atomic E-state index is -0.131. The number of amides is 1. The lowest BCUT2D eigenvalue weighted by Crippen LogP contribution is -2.30. The fraction of sp³-hybridized carbons (Fsp3) is 0.417. The molecule has 0 aliphatic carbocycles. The molecule has 1 aliphatic rings. The Morgan fingerprint density at radius 3 is 3.12 bits per heavy atom. The van der Waals surface area contributed by atoms with Gasteiger partial charge in [-0.15, -0.1) is 0 Å². The summed E-state index contributed by atoms with van der Waals surface area (Å²) in [7, 11) is 0. The van der Waals surface area contributed by atoms with E-state index in [1.165, 1.54) is 6.08 Å². The second-order valence-corrected chi connectivity index (χ2v) is 4.64. The minimum Gasteiger partial charge on any atom is -0.450 e. The van der Waals surface area contributed by atoms with Crippen molar-refractivity contribution in [1.82, 2.24) is 5.32 Å². The Balaban J connectivity index is 1.74. The minimum absolute atomic E-state index is 0.131. The second-order valence-electron chi connectivity index (χ2n) is 3.86. The third-order valence-electron chi connectivity index (χ3n) is 2.52. The van der Waals surface area contributed by atoms with Crippen LogP contribution in [0.25, 0.3) is 6.08 Å². The number of ether oxygens (including phenoxy) is 1. The van der Waals surface area contributed by atoms with Crippen LogP contribution in [-0.2, 0) is 9.53 Å². The largest absolute Gasteiger partial charge is 0.450 e. The molecule has 0 saturated carbocycles. The monoisotopic (exact) mass is 299 g/mol. The van der Waals surface area contributed by atoms with Gasteiger partial charge in [0.2, 0.25) is 5.91 Å². The van der Waals surface area contributed by atoms with Crippen molar-refractivity contribution in [3.8, 4) is 0 Å². The fourth-order valence-electron chi connectivity index (χ4n) is 1.65. The van der Waals surface area contributed by atoms with Crippen LogP contribution in [0.5, 0.6) is 0 Å². The molecule has 1 aromatic rings. The Kier molecular flexibility index (Phi) is 4.39. The zero-order valence-corrected chi connectivity index (χ0v) is 10.9. The van der Waals surface area contributed by atoms with Crippen LogP contribution in [0, 0.1) is 0 Å². The molecular formula is C12H14BrNO3. The van der Waals surface area contributed by atoms with Crippen molar-refractivity contribution in [3.63, 3.8) is 0 Å². The van der Waals surface area contributed by atoms with Crippen LogP contribution in [0.1, 0.15) is 18.6 Å². The summed E-state index contributed by atoms with van der Waals surface area (Å²) >= 11 is 3.20. The van der Waals surface area contributed by atoms with E-state index in [0.717, 1.165) is 19.4 Å². The highest BCUT2D eigenvalue weighted by molar-refractivity contribution is 9.10. The summed E-state index contributed by atoms with van der Waals surface area (Å²) in [5.41, 5.74) is 0. The summed E-state index contributed by atoms with van der Waals surface area (Å²) in [6, 6.07) is 3.57. The number of hydrogen-bond donors (Lipinski definition) is 1. The number of carbonyl (C=O) groups excluding carboxylic acids is 1. The summed E-state index contributed by atoms with van der Waals surface area (Å²) in [6.45, 7) is 1.38. The van der Waals surface area contributed by atoms with Crippen molar-refractivity contribution in [2.24, 2.45) is 0 Å². The zero-order chi connectivity index (χ0) is 12.1. The van der Waals surface area contributed by atoms with Gasteiger partial charge in [-0.3, -0.25) is 4.79 Å². The number of rotatable bonds is 4. The van der Waals surface area contributed by atoms with Crippen LogP contribution in [0.2, 0.25) is 0 Å². The molecule has 17 heavy (non-hydrogen) atoms. The molecule has 0 radical (unpaired) electrons. The molecule has 1 atom stereocenters. The molecule has 0 aromatic carbocycles. The molecule has 92 valence electrons. The van der Waals surface area contributed by atoms with Crippen LogP contribution in [0.4, 0.5) is 0 Å². The van der Waals surface area contributed by atoms with Gasteiger partial charge in [0, 0.05) is 19.2 Å². The molecule has 4 nitrogen and oxygen atoms in total. The molecule has 2 heterocycles. The number of carbonyl (C=O) groups is 1. The number of nitrogens with one attached hydrogen (secondary N) is 1. The highest BCUT2D eigenvalue weighted by atomic mass is 79.9. The number of hydrogen-bond acceptors (Lipinski definition) is 3. The van der Waals surface area contributed by atoms with E-state index in [2.05, 4.69) is 21.2 Å².